The molecule has 1 aromatic carbocycles. The van der Waals surface area contributed by atoms with Crippen LogP contribution in [0.25, 0.3) is 10.8 Å². The van der Waals surface area contributed by atoms with Gasteiger partial charge in [0.2, 0.25) is 5.88 Å². The van der Waals surface area contributed by atoms with Crippen LogP contribution >= 0.6 is 8.38 Å². The lowest BCUT2D eigenvalue weighted by atomic mass is 9.94. The van der Waals surface area contributed by atoms with Gasteiger partial charge in [-0.15, -0.1) is 0 Å². The Labute approximate surface area is 196 Å². The molecule has 0 atom stereocenters. The Morgan fingerprint density at radius 1 is 1.26 bits per heavy atom. The first-order chi connectivity index (χ1) is 16.4. The van der Waals surface area contributed by atoms with Gasteiger partial charge in [-0.25, -0.2) is 9.07 Å². The highest BCUT2D eigenvalue weighted by atomic mass is 31.2. The Morgan fingerprint density at radius 3 is 2.71 bits per heavy atom. The number of ether oxygens (including phenoxy) is 1. The second-order valence-corrected chi connectivity index (χ2v) is 9.50. The van der Waals surface area contributed by atoms with Crippen LogP contribution in [0.1, 0.15) is 29.6 Å². The topological polar surface area (TPSA) is 118 Å². The fourth-order valence-corrected chi connectivity index (χ4v) is 4.82. The summed E-state index contributed by atoms with van der Waals surface area (Å²) in [7, 11) is -0.388. The maximum Gasteiger partial charge on any atom is 0.278 e. The minimum Gasteiger partial charge on any atom is -0.481 e. The Kier molecular flexibility index (Phi) is 7.50. The van der Waals surface area contributed by atoms with Gasteiger partial charge in [0.1, 0.15) is 18.2 Å². The predicted molar refractivity (Wildman–Crippen MR) is 127 cm³/mol. The van der Waals surface area contributed by atoms with E-state index in [1.807, 2.05) is 4.90 Å². The number of pyridine rings is 1. The molecule has 0 radical (unpaired) electrons. The van der Waals surface area contributed by atoms with Crippen molar-refractivity contribution in [3.8, 4) is 5.88 Å². The summed E-state index contributed by atoms with van der Waals surface area (Å²) in [5, 5.41) is 5.04. The minimum absolute atomic E-state index is 0.165. The van der Waals surface area contributed by atoms with Crippen molar-refractivity contribution in [3.05, 3.63) is 58.3 Å². The fraction of sp³-hybridized carbons (Fsp3) is 0.391. The minimum atomic E-state index is -1.89. The fourth-order valence-electron chi connectivity index (χ4n) is 4.23. The summed E-state index contributed by atoms with van der Waals surface area (Å²) in [5.74, 6) is 0.246. The van der Waals surface area contributed by atoms with E-state index in [9.17, 15) is 23.8 Å². The van der Waals surface area contributed by atoms with Gasteiger partial charge in [-0.2, -0.15) is 10.1 Å². The summed E-state index contributed by atoms with van der Waals surface area (Å²) >= 11 is 0. The lowest BCUT2D eigenvalue weighted by Crippen LogP contribution is -2.36. The Morgan fingerprint density at radius 2 is 2.03 bits per heavy atom. The standard InChI is InChI=1S/C23H26FN4O5P/c1-33-20-12-17-13-25-28(14-19(29)16-3-2-4-18(24)11-16)23(30)21(17)22(26-20)27-8-5-15(6-9-27)7-10-34(31)32/h2-4,11-13,15,31-32H,5-10,14H2,1H3. The van der Waals surface area contributed by atoms with Crippen LogP contribution < -0.4 is 15.2 Å². The van der Waals surface area contributed by atoms with E-state index < -0.39 is 25.5 Å². The number of hydrogen-bond donors (Lipinski definition) is 2. The first kappa shape index (κ1) is 24.2. The highest BCUT2D eigenvalue weighted by Crippen LogP contribution is 2.33. The largest absolute Gasteiger partial charge is 0.481 e. The van der Waals surface area contributed by atoms with E-state index in [0.29, 0.717) is 47.6 Å². The van der Waals surface area contributed by atoms with Gasteiger partial charge in [0.25, 0.3) is 5.56 Å². The predicted octanol–water partition coefficient (Wildman–Crippen LogP) is 2.73. The molecule has 1 saturated heterocycles. The molecule has 0 aliphatic carbocycles. The highest BCUT2D eigenvalue weighted by molar-refractivity contribution is 7.45. The van der Waals surface area contributed by atoms with Gasteiger partial charge >= 0.3 is 0 Å². The van der Waals surface area contributed by atoms with Gasteiger partial charge in [0, 0.05) is 36.3 Å². The summed E-state index contributed by atoms with van der Waals surface area (Å²) < 4.78 is 19.9. The molecule has 0 saturated carbocycles. The lowest BCUT2D eigenvalue weighted by molar-refractivity contribution is 0.0965. The molecule has 180 valence electrons. The van der Waals surface area contributed by atoms with E-state index >= 15 is 0 Å². The molecule has 0 spiro atoms. The monoisotopic (exact) mass is 488 g/mol. The van der Waals surface area contributed by atoms with E-state index in [2.05, 4.69) is 10.1 Å². The van der Waals surface area contributed by atoms with Gasteiger partial charge in [-0.05, 0) is 37.3 Å². The van der Waals surface area contributed by atoms with Crippen molar-refractivity contribution in [1.82, 2.24) is 14.8 Å². The molecule has 3 aromatic rings. The molecule has 2 N–H and O–H groups in total. The molecule has 0 amide bonds. The molecule has 1 aliphatic rings. The molecule has 3 heterocycles. The first-order valence-corrected chi connectivity index (χ1v) is 12.4. The first-order valence-electron chi connectivity index (χ1n) is 11.0. The van der Waals surface area contributed by atoms with Crippen LogP contribution in [0.15, 0.2) is 41.3 Å². The summed E-state index contributed by atoms with van der Waals surface area (Å²) in [6.45, 7) is 0.981. The number of fused-ring (bicyclic) bond motifs is 1. The number of methoxy groups -OCH3 is 1. The molecule has 0 unspecified atom stereocenters. The third-order valence-corrected chi connectivity index (χ3v) is 6.75. The zero-order chi connectivity index (χ0) is 24.2. The van der Waals surface area contributed by atoms with E-state index in [-0.39, 0.29) is 12.1 Å². The van der Waals surface area contributed by atoms with Gasteiger partial charge in [0.15, 0.2) is 14.2 Å². The zero-order valence-corrected chi connectivity index (χ0v) is 19.6. The molecule has 1 aliphatic heterocycles. The quantitative estimate of drug-likeness (QED) is 0.367. The average molecular weight is 488 g/mol. The molecular weight excluding hydrogens is 462 g/mol. The number of rotatable bonds is 8. The van der Waals surface area contributed by atoms with Crippen LogP contribution in [0, 0.1) is 11.7 Å². The van der Waals surface area contributed by atoms with Crippen LogP contribution in [-0.2, 0) is 6.54 Å². The second kappa shape index (κ2) is 10.5. The highest BCUT2D eigenvalue weighted by Gasteiger charge is 2.25. The number of Topliss-reactive ketones (excluding diaryl/α,β-unsaturated/α-hetero) is 1. The zero-order valence-electron chi connectivity index (χ0n) is 18.7. The van der Waals surface area contributed by atoms with Crippen LogP contribution in [-0.4, -0.2) is 56.7 Å². The Balaban J connectivity index is 1.64. The van der Waals surface area contributed by atoms with E-state index in [4.69, 9.17) is 4.74 Å². The van der Waals surface area contributed by atoms with Gasteiger partial charge < -0.3 is 19.4 Å². The normalized spacial score (nSPS) is 14.7. The third kappa shape index (κ3) is 5.41. The molecule has 4 rings (SSSR count). The van der Waals surface area contributed by atoms with E-state index in [0.717, 1.165) is 30.0 Å². The van der Waals surface area contributed by atoms with Crippen molar-refractivity contribution in [1.29, 1.82) is 0 Å². The van der Waals surface area contributed by atoms with Crippen molar-refractivity contribution in [2.24, 2.45) is 5.92 Å². The second-order valence-electron chi connectivity index (χ2n) is 8.31. The van der Waals surface area contributed by atoms with Gasteiger partial charge in [-0.1, -0.05) is 12.1 Å². The van der Waals surface area contributed by atoms with Crippen LogP contribution in [0.2, 0.25) is 0 Å². The molecule has 2 aromatic heterocycles. The lowest BCUT2D eigenvalue weighted by Gasteiger charge is -2.33. The maximum atomic E-state index is 13.5. The summed E-state index contributed by atoms with van der Waals surface area (Å²) in [5.41, 5.74) is -0.292. The van der Waals surface area contributed by atoms with Crippen molar-refractivity contribution < 1.29 is 23.7 Å². The van der Waals surface area contributed by atoms with Crippen molar-refractivity contribution >= 4 is 30.7 Å². The summed E-state index contributed by atoms with van der Waals surface area (Å²) in [6, 6.07) is 6.95. The summed E-state index contributed by atoms with van der Waals surface area (Å²) in [6.07, 6.45) is 4.32. The number of benzene rings is 1. The SMILES string of the molecule is COc1cc2cnn(CC(=O)c3cccc(F)c3)c(=O)c2c(N2CCC(CCP(O)O)CC2)n1. The number of hydrogen-bond acceptors (Lipinski definition) is 8. The smallest absolute Gasteiger partial charge is 0.278 e. The third-order valence-electron chi connectivity index (χ3n) is 6.09. The van der Waals surface area contributed by atoms with Crippen molar-refractivity contribution in [3.63, 3.8) is 0 Å². The van der Waals surface area contributed by atoms with Gasteiger partial charge in [0.05, 0.1) is 18.7 Å². The number of piperidine rings is 1. The number of anilines is 1. The number of carbonyl (C=O) groups is 1. The Bertz CT molecular complexity index is 1240. The van der Waals surface area contributed by atoms with Crippen molar-refractivity contribution in [2.45, 2.75) is 25.8 Å². The number of halogens is 1. The Hall–Kier alpha value is -2.94. The number of ketones is 1. The molecule has 11 heteroatoms. The number of nitrogens with zero attached hydrogens (tertiary/aromatic N) is 4. The maximum absolute atomic E-state index is 13.5. The van der Waals surface area contributed by atoms with E-state index in [1.165, 1.54) is 31.5 Å². The van der Waals surface area contributed by atoms with Crippen LogP contribution in [0.3, 0.4) is 0 Å². The van der Waals surface area contributed by atoms with Crippen LogP contribution in [0.5, 0.6) is 5.88 Å². The molecule has 9 nitrogen and oxygen atoms in total. The average Bonchev–Trinajstić information content (AvgIpc) is 2.84. The number of carbonyl (C=O) groups excluding carboxylic acids is 1. The van der Waals surface area contributed by atoms with Crippen LogP contribution in [0.4, 0.5) is 10.2 Å². The van der Waals surface area contributed by atoms with E-state index in [1.54, 1.807) is 6.07 Å². The molecule has 1 fully saturated rings. The number of aromatic nitrogens is 3. The van der Waals surface area contributed by atoms with Crippen molar-refractivity contribution in [2.75, 3.05) is 31.3 Å². The summed E-state index contributed by atoms with van der Waals surface area (Å²) in [4.78, 5) is 51.0. The molecule has 34 heavy (non-hydrogen) atoms. The van der Waals surface area contributed by atoms with Gasteiger partial charge in [-0.3, -0.25) is 9.59 Å². The molecular formula is C23H26FN4O5P. The molecule has 0 bridgehead atoms.